The minimum Gasteiger partial charge on any atom is -0.368 e. The van der Waals surface area contributed by atoms with Gasteiger partial charge >= 0.3 is 0 Å². The molecule has 0 atom stereocenters. The van der Waals surface area contributed by atoms with Crippen LogP contribution >= 0.6 is 0 Å². The topological polar surface area (TPSA) is 84.2 Å². The van der Waals surface area contributed by atoms with E-state index < -0.39 is 0 Å². The zero-order chi connectivity index (χ0) is 17.9. The van der Waals surface area contributed by atoms with Crippen molar-refractivity contribution in [3.63, 3.8) is 0 Å². The van der Waals surface area contributed by atoms with E-state index in [0.717, 1.165) is 23.5 Å². The number of carbonyl (C=O) groups is 1. The van der Waals surface area contributed by atoms with Gasteiger partial charge in [0.1, 0.15) is 12.1 Å². The maximum absolute atomic E-state index is 12.6. The summed E-state index contributed by atoms with van der Waals surface area (Å²) in [6, 6.07) is 10.9. The Balaban J connectivity index is 1.43. The normalized spacial score (nSPS) is 14.6. The first-order valence-electron chi connectivity index (χ1n) is 8.48. The molecule has 0 bridgehead atoms. The van der Waals surface area contributed by atoms with Gasteiger partial charge in [0, 0.05) is 44.3 Å². The number of fused-ring (bicyclic) bond motifs is 1. The molecule has 2 aromatic heterocycles. The number of anilines is 1. The highest BCUT2D eigenvalue weighted by Crippen LogP contribution is 2.14. The van der Waals surface area contributed by atoms with Crippen LogP contribution in [0.5, 0.6) is 0 Å². The maximum Gasteiger partial charge on any atom is 0.278 e. The molecule has 0 aliphatic carbocycles. The lowest BCUT2D eigenvalue weighted by Gasteiger charge is -2.36. The molecule has 1 saturated heterocycles. The second-order valence-electron chi connectivity index (χ2n) is 6.14. The quantitative estimate of drug-likeness (QED) is 0.685. The van der Waals surface area contributed by atoms with E-state index in [4.69, 9.17) is 0 Å². The summed E-state index contributed by atoms with van der Waals surface area (Å²) in [5.74, 6) is -0.119. The Labute approximate surface area is 149 Å². The van der Waals surface area contributed by atoms with Crippen molar-refractivity contribution in [3.8, 4) is 0 Å². The van der Waals surface area contributed by atoms with Crippen LogP contribution in [0.25, 0.3) is 10.9 Å². The molecule has 0 saturated carbocycles. The molecule has 0 unspecified atom stereocenters. The van der Waals surface area contributed by atoms with Crippen molar-refractivity contribution in [2.75, 3.05) is 31.1 Å². The third-order valence-corrected chi connectivity index (χ3v) is 4.57. The first kappa shape index (κ1) is 16.2. The highest BCUT2D eigenvalue weighted by molar-refractivity contribution is 5.78. The van der Waals surface area contributed by atoms with Gasteiger partial charge < -0.3 is 9.80 Å². The number of pyridine rings is 1. The van der Waals surface area contributed by atoms with Crippen molar-refractivity contribution in [1.29, 1.82) is 0 Å². The smallest absolute Gasteiger partial charge is 0.278 e. The molecule has 0 spiro atoms. The number of benzene rings is 1. The lowest BCUT2D eigenvalue weighted by Crippen LogP contribution is -2.50. The summed E-state index contributed by atoms with van der Waals surface area (Å²) >= 11 is 0. The van der Waals surface area contributed by atoms with Gasteiger partial charge in [0.05, 0.1) is 5.39 Å². The Morgan fingerprint density at radius 3 is 2.50 bits per heavy atom. The number of aromatic nitrogens is 4. The van der Waals surface area contributed by atoms with E-state index in [0.29, 0.717) is 24.0 Å². The Morgan fingerprint density at radius 1 is 1.00 bits per heavy atom. The van der Waals surface area contributed by atoms with Gasteiger partial charge in [-0.2, -0.15) is 0 Å². The summed E-state index contributed by atoms with van der Waals surface area (Å²) in [7, 11) is 0. The third-order valence-electron chi connectivity index (χ3n) is 4.57. The minimum atomic E-state index is -0.292. The van der Waals surface area contributed by atoms with E-state index >= 15 is 0 Å². The fraction of sp³-hybridized carbons (Fsp3) is 0.278. The molecule has 1 aromatic carbocycles. The molecule has 132 valence electrons. The molecular formula is C18H18N6O2. The highest BCUT2D eigenvalue weighted by Gasteiger charge is 2.22. The fourth-order valence-corrected chi connectivity index (χ4v) is 3.12. The lowest BCUT2D eigenvalue weighted by atomic mass is 10.2. The molecule has 0 radical (unpaired) electrons. The van der Waals surface area contributed by atoms with Crippen molar-refractivity contribution in [3.05, 3.63) is 59.1 Å². The summed E-state index contributed by atoms with van der Waals surface area (Å²) in [6.45, 7) is 2.61. The molecule has 0 N–H and O–H groups in total. The predicted octanol–water partition coefficient (Wildman–Crippen LogP) is 0.535. The Hall–Kier alpha value is -3.29. The van der Waals surface area contributed by atoms with Gasteiger partial charge in [-0.15, -0.1) is 5.10 Å². The number of hydrogen-bond donors (Lipinski definition) is 0. The van der Waals surface area contributed by atoms with Crippen LogP contribution in [0.15, 0.2) is 53.6 Å². The molecule has 1 amide bonds. The number of piperazine rings is 1. The van der Waals surface area contributed by atoms with Crippen molar-refractivity contribution in [1.82, 2.24) is 24.9 Å². The van der Waals surface area contributed by atoms with Crippen LogP contribution in [0, 0.1) is 0 Å². The third kappa shape index (κ3) is 3.13. The first-order valence-corrected chi connectivity index (χ1v) is 8.48. The molecule has 1 fully saturated rings. The van der Waals surface area contributed by atoms with Gasteiger partial charge in [0.2, 0.25) is 5.91 Å². The van der Waals surface area contributed by atoms with Crippen LogP contribution in [0.3, 0.4) is 0 Å². The van der Waals surface area contributed by atoms with Crippen LogP contribution < -0.4 is 10.5 Å². The minimum absolute atomic E-state index is 0.0913. The predicted molar refractivity (Wildman–Crippen MR) is 96.8 cm³/mol. The molecule has 3 aromatic rings. The van der Waals surface area contributed by atoms with E-state index in [1.54, 1.807) is 41.6 Å². The molecule has 8 heteroatoms. The zero-order valence-electron chi connectivity index (χ0n) is 14.2. The second kappa shape index (κ2) is 6.91. The zero-order valence-corrected chi connectivity index (χ0v) is 14.2. The van der Waals surface area contributed by atoms with Crippen molar-refractivity contribution < 1.29 is 4.79 Å². The molecule has 3 heterocycles. The van der Waals surface area contributed by atoms with Gasteiger partial charge in [0.25, 0.3) is 5.56 Å². The van der Waals surface area contributed by atoms with Crippen LogP contribution in [0.4, 0.5) is 5.69 Å². The Morgan fingerprint density at radius 2 is 1.73 bits per heavy atom. The molecular weight excluding hydrogens is 332 g/mol. The first-order chi connectivity index (χ1) is 12.7. The molecule has 1 aliphatic rings. The SMILES string of the molecule is O=C(Cn1nnc2ccccc2c1=O)N1CCN(c2ccncc2)CC1. The standard InChI is InChI=1S/C18H18N6O2/c25-17(13-24-18(26)15-3-1-2-4-16(15)20-21-24)23-11-9-22(10-12-23)14-5-7-19-8-6-14/h1-8H,9-13H2. The summed E-state index contributed by atoms with van der Waals surface area (Å²) < 4.78 is 1.14. The Kier molecular flexibility index (Phi) is 4.30. The van der Waals surface area contributed by atoms with E-state index in [2.05, 4.69) is 20.2 Å². The van der Waals surface area contributed by atoms with Crippen molar-refractivity contribution >= 4 is 22.5 Å². The van der Waals surface area contributed by atoms with E-state index in [1.165, 1.54) is 0 Å². The van der Waals surface area contributed by atoms with Crippen LogP contribution in [-0.4, -0.2) is 57.0 Å². The lowest BCUT2D eigenvalue weighted by molar-refractivity contribution is -0.132. The second-order valence-corrected chi connectivity index (χ2v) is 6.14. The fourth-order valence-electron chi connectivity index (χ4n) is 3.12. The average molecular weight is 350 g/mol. The maximum atomic E-state index is 12.6. The summed E-state index contributed by atoms with van der Waals surface area (Å²) in [5, 5.41) is 8.38. The van der Waals surface area contributed by atoms with Gasteiger partial charge in [0.15, 0.2) is 0 Å². The van der Waals surface area contributed by atoms with Gasteiger partial charge in [-0.25, -0.2) is 4.68 Å². The molecule has 26 heavy (non-hydrogen) atoms. The number of carbonyl (C=O) groups excluding carboxylic acids is 1. The van der Waals surface area contributed by atoms with Gasteiger partial charge in [-0.1, -0.05) is 17.3 Å². The monoisotopic (exact) mass is 350 g/mol. The van der Waals surface area contributed by atoms with Crippen molar-refractivity contribution in [2.24, 2.45) is 0 Å². The molecule has 4 rings (SSSR count). The van der Waals surface area contributed by atoms with E-state index in [-0.39, 0.29) is 18.0 Å². The number of hydrogen-bond acceptors (Lipinski definition) is 6. The number of amides is 1. The number of nitrogens with zero attached hydrogens (tertiary/aromatic N) is 6. The Bertz CT molecular complexity index is 980. The van der Waals surface area contributed by atoms with Crippen LogP contribution in [0.2, 0.25) is 0 Å². The largest absolute Gasteiger partial charge is 0.368 e. The molecule has 8 nitrogen and oxygen atoms in total. The van der Waals surface area contributed by atoms with E-state index in [9.17, 15) is 9.59 Å². The highest BCUT2D eigenvalue weighted by atomic mass is 16.2. The summed E-state index contributed by atoms with van der Waals surface area (Å²) in [4.78, 5) is 33.0. The van der Waals surface area contributed by atoms with Crippen LogP contribution in [-0.2, 0) is 11.3 Å². The number of rotatable bonds is 3. The average Bonchev–Trinajstić information content (AvgIpc) is 2.71. The van der Waals surface area contributed by atoms with Crippen molar-refractivity contribution in [2.45, 2.75) is 6.54 Å². The summed E-state index contributed by atoms with van der Waals surface area (Å²) in [5.41, 5.74) is 1.34. The van der Waals surface area contributed by atoms with E-state index in [1.807, 2.05) is 12.1 Å². The summed E-state index contributed by atoms with van der Waals surface area (Å²) in [6.07, 6.45) is 3.52. The van der Waals surface area contributed by atoms with Gasteiger partial charge in [-0.3, -0.25) is 14.6 Å². The van der Waals surface area contributed by atoms with Crippen LogP contribution in [0.1, 0.15) is 0 Å². The van der Waals surface area contributed by atoms with Gasteiger partial charge in [-0.05, 0) is 24.3 Å². The molecule has 1 aliphatic heterocycles.